The molecule has 0 atom stereocenters. The van der Waals surface area contributed by atoms with Crippen molar-refractivity contribution in [2.24, 2.45) is 35.3 Å². The fourth-order valence-electron chi connectivity index (χ4n) is 5.41. The van der Waals surface area contributed by atoms with Crippen LogP contribution in [-0.4, -0.2) is 21.8 Å². The Morgan fingerprint density at radius 3 is 2.30 bits per heavy atom. The normalized spacial score (nSPS) is 38.4. The fraction of sp³-hybridized carbons (Fsp3) is 0.867. The minimum atomic E-state index is 0.474. The van der Waals surface area contributed by atoms with Crippen LogP contribution in [0.1, 0.15) is 37.9 Å². The van der Waals surface area contributed by atoms with E-state index in [9.17, 15) is 0 Å². The summed E-state index contributed by atoms with van der Waals surface area (Å²) in [5, 5.41) is 11.6. The lowest BCUT2D eigenvalue weighted by Gasteiger charge is -2.54. The molecular weight excluding hydrogens is 250 g/mol. The van der Waals surface area contributed by atoms with E-state index in [1.807, 2.05) is 7.05 Å². The predicted molar refractivity (Wildman–Crippen MR) is 78.0 cm³/mol. The van der Waals surface area contributed by atoms with Gasteiger partial charge >= 0.3 is 0 Å². The number of rotatable bonds is 4. The highest BCUT2D eigenvalue weighted by Gasteiger charge is 2.48. The smallest absolute Gasteiger partial charge is 0.224 e. The van der Waals surface area contributed by atoms with Crippen LogP contribution < -0.4 is 11.1 Å². The highest BCUT2D eigenvalue weighted by molar-refractivity contribution is 5.24. The van der Waals surface area contributed by atoms with Crippen LogP contribution in [-0.2, 0) is 13.1 Å². The van der Waals surface area contributed by atoms with Gasteiger partial charge in [-0.25, -0.2) is 0 Å². The Balaban J connectivity index is 1.58. The van der Waals surface area contributed by atoms with Gasteiger partial charge in [-0.2, -0.15) is 0 Å². The average Bonchev–Trinajstić information content (AvgIpc) is 2.83. The van der Waals surface area contributed by atoms with Crippen molar-refractivity contribution in [1.29, 1.82) is 0 Å². The van der Waals surface area contributed by atoms with Crippen molar-refractivity contribution < 1.29 is 0 Å². The number of hydrogen-bond acceptors (Lipinski definition) is 4. The number of nitrogens with zero attached hydrogens (tertiary/aromatic N) is 3. The second-order valence-electron chi connectivity index (χ2n) is 7.10. The van der Waals surface area contributed by atoms with Crippen LogP contribution in [0.4, 0.5) is 5.95 Å². The Kier molecular flexibility index (Phi) is 2.98. The first kappa shape index (κ1) is 12.6. The molecule has 0 aliphatic heterocycles. The van der Waals surface area contributed by atoms with Gasteiger partial charge in [0.05, 0.1) is 6.54 Å². The first-order valence-corrected chi connectivity index (χ1v) is 8.08. The van der Waals surface area contributed by atoms with E-state index < -0.39 is 0 Å². The molecule has 4 fully saturated rings. The molecule has 110 valence electrons. The van der Waals surface area contributed by atoms with E-state index in [-0.39, 0.29) is 0 Å². The zero-order valence-corrected chi connectivity index (χ0v) is 12.3. The summed E-state index contributed by atoms with van der Waals surface area (Å²) in [4.78, 5) is 0. The van der Waals surface area contributed by atoms with Crippen molar-refractivity contribution in [2.75, 3.05) is 12.4 Å². The van der Waals surface area contributed by atoms with Crippen molar-refractivity contribution in [3.05, 3.63) is 5.82 Å². The maximum absolute atomic E-state index is 5.82. The lowest BCUT2D eigenvalue weighted by Crippen LogP contribution is -2.46. The third-order valence-corrected chi connectivity index (χ3v) is 6.05. The zero-order chi connectivity index (χ0) is 13.7. The number of anilines is 1. The highest BCUT2D eigenvalue weighted by Crippen LogP contribution is 2.56. The summed E-state index contributed by atoms with van der Waals surface area (Å²) in [5.74, 6) is 6.55. The molecule has 4 bridgehead atoms. The third kappa shape index (κ3) is 1.86. The quantitative estimate of drug-likeness (QED) is 0.880. The Morgan fingerprint density at radius 2 is 1.75 bits per heavy atom. The number of hydrogen-bond donors (Lipinski definition) is 2. The van der Waals surface area contributed by atoms with Crippen LogP contribution in [0.25, 0.3) is 0 Å². The third-order valence-electron chi connectivity index (χ3n) is 6.05. The molecule has 5 rings (SSSR count). The first-order chi connectivity index (χ1) is 9.78. The van der Waals surface area contributed by atoms with Gasteiger partial charge in [0.25, 0.3) is 0 Å². The van der Waals surface area contributed by atoms with Crippen LogP contribution in [0.3, 0.4) is 0 Å². The molecule has 4 saturated carbocycles. The van der Waals surface area contributed by atoms with E-state index in [1.54, 1.807) is 0 Å². The lowest BCUT2D eigenvalue weighted by atomic mass is 9.52. The van der Waals surface area contributed by atoms with Crippen LogP contribution in [0, 0.1) is 29.6 Å². The summed E-state index contributed by atoms with van der Waals surface area (Å²) in [6.45, 7) is 1.53. The molecule has 3 N–H and O–H groups in total. The standard InChI is InChI=1S/C15H25N5/c1-17-15-19-18-14(7-16)20(15)8-13-11-3-9-2-10(5-11)6-12(13)4-9/h9-13H,2-8,16H2,1H3,(H,17,19). The average molecular weight is 275 g/mol. The summed E-state index contributed by atoms with van der Waals surface area (Å²) in [5.41, 5.74) is 5.82. The molecule has 5 heteroatoms. The lowest BCUT2D eigenvalue weighted by molar-refractivity contribution is -0.0430. The summed E-state index contributed by atoms with van der Waals surface area (Å²) in [6.07, 6.45) is 7.38. The fourth-order valence-corrected chi connectivity index (χ4v) is 5.41. The van der Waals surface area contributed by atoms with Crippen molar-refractivity contribution >= 4 is 5.95 Å². The highest BCUT2D eigenvalue weighted by atomic mass is 15.3. The molecule has 0 radical (unpaired) electrons. The van der Waals surface area contributed by atoms with Gasteiger partial charge < -0.3 is 11.1 Å². The zero-order valence-electron chi connectivity index (χ0n) is 12.3. The van der Waals surface area contributed by atoms with Gasteiger partial charge in [-0.3, -0.25) is 4.57 Å². The summed E-state index contributed by atoms with van der Waals surface area (Å²) in [6, 6.07) is 0. The summed E-state index contributed by atoms with van der Waals surface area (Å²) >= 11 is 0. The largest absolute Gasteiger partial charge is 0.357 e. The Bertz CT molecular complexity index is 445. The van der Waals surface area contributed by atoms with Gasteiger partial charge in [-0.1, -0.05) is 0 Å². The van der Waals surface area contributed by atoms with Crippen molar-refractivity contribution in [3.63, 3.8) is 0 Å². The van der Waals surface area contributed by atoms with Gasteiger partial charge in [0.2, 0.25) is 5.95 Å². The monoisotopic (exact) mass is 275 g/mol. The molecular formula is C15H25N5. The van der Waals surface area contributed by atoms with Crippen molar-refractivity contribution in [1.82, 2.24) is 14.8 Å². The maximum atomic E-state index is 5.82. The van der Waals surface area contributed by atoms with Crippen molar-refractivity contribution in [2.45, 2.75) is 45.2 Å². The van der Waals surface area contributed by atoms with Crippen LogP contribution >= 0.6 is 0 Å². The minimum Gasteiger partial charge on any atom is -0.357 e. The first-order valence-electron chi connectivity index (χ1n) is 8.08. The molecule has 0 unspecified atom stereocenters. The number of nitrogens with two attached hydrogens (primary N) is 1. The molecule has 1 aromatic rings. The van der Waals surface area contributed by atoms with E-state index >= 15 is 0 Å². The SMILES string of the molecule is CNc1nnc(CN)n1CC1C2CC3CC(C2)CC1C3. The molecule has 0 spiro atoms. The molecule has 5 nitrogen and oxygen atoms in total. The van der Waals surface area contributed by atoms with Crippen molar-refractivity contribution in [3.8, 4) is 0 Å². The second kappa shape index (κ2) is 4.72. The van der Waals surface area contributed by atoms with Gasteiger partial charge in [0.1, 0.15) is 5.82 Å². The minimum absolute atomic E-state index is 0.474. The molecule has 20 heavy (non-hydrogen) atoms. The van der Waals surface area contributed by atoms with Crippen LogP contribution in [0.2, 0.25) is 0 Å². The Hall–Kier alpha value is -1.10. The van der Waals surface area contributed by atoms with Crippen LogP contribution in [0.15, 0.2) is 0 Å². The Labute approximate surface area is 120 Å². The second-order valence-corrected chi connectivity index (χ2v) is 7.10. The summed E-state index contributed by atoms with van der Waals surface area (Å²) in [7, 11) is 1.91. The predicted octanol–water partition coefficient (Wildman–Crippen LogP) is 1.85. The maximum Gasteiger partial charge on any atom is 0.224 e. The Morgan fingerprint density at radius 1 is 1.10 bits per heavy atom. The molecule has 1 aromatic heterocycles. The van der Waals surface area contributed by atoms with Gasteiger partial charge in [-0.15, -0.1) is 10.2 Å². The van der Waals surface area contributed by atoms with Gasteiger partial charge in [0, 0.05) is 13.6 Å². The van der Waals surface area contributed by atoms with E-state index in [4.69, 9.17) is 5.73 Å². The molecule has 0 aromatic carbocycles. The van der Waals surface area contributed by atoms with E-state index in [0.29, 0.717) is 6.54 Å². The van der Waals surface area contributed by atoms with Crippen LogP contribution in [0.5, 0.6) is 0 Å². The summed E-state index contributed by atoms with van der Waals surface area (Å²) < 4.78 is 2.23. The molecule has 0 saturated heterocycles. The number of nitrogens with one attached hydrogen (secondary N) is 1. The molecule has 0 amide bonds. The van der Waals surface area contributed by atoms with Gasteiger partial charge in [-0.05, 0) is 61.7 Å². The topological polar surface area (TPSA) is 68.8 Å². The van der Waals surface area contributed by atoms with E-state index in [0.717, 1.165) is 47.9 Å². The molecule has 4 aliphatic carbocycles. The number of aromatic nitrogens is 3. The molecule has 4 aliphatic rings. The van der Waals surface area contributed by atoms with E-state index in [1.165, 1.54) is 32.1 Å². The molecule has 1 heterocycles. The van der Waals surface area contributed by atoms with E-state index in [2.05, 4.69) is 20.1 Å². The van der Waals surface area contributed by atoms with Gasteiger partial charge in [0.15, 0.2) is 0 Å².